The van der Waals surface area contributed by atoms with E-state index in [0.717, 1.165) is 0 Å². The molecule has 1 N–H and O–H groups in total. The number of aliphatic carboxylic acids is 1. The quantitative estimate of drug-likeness (QED) is 0.654. The SMILES string of the molecule is Cc1ccccc1.O=C(O)CCSC(=S)S. The lowest BCUT2D eigenvalue weighted by Crippen LogP contribution is -1.96. The Bertz CT molecular complexity index is 311. The number of benzene rings is 1. The summed E-state index contributed by atoms with van der Waals surface area (Å²) in [4.78, 5) is 9.90. The van der Waals surface area contributed by atoms with Gasteiger partial charge in [0.05, 0.1) is 6.42 Å². The van der Waals surface area contributed by atoms with Crippen LogP contribution in [-0.4, -0.2) is 20.4 Å². The van der Waals surface area contributed by atoms with Crippen LogP contribution in [0, 0.1) is 6.92 Å². The number of carboxylic acid groups (broad SMARTS) is 1. The molecule has 5 heteroatoms. The van der Waals surface area contributed by atoms with Gasteiger partial charge < -0.3 is 5.11 Å². The Morgan fingerprint density at radius 2 is 2.00 bits per heavy atom. The molecule has 2 nitrogen and oxygen atoms in total. The highest BCUT2D eigenvalue weighted by Gasteiger charge is 1.96. The maximum Gasteiger partial charge on any atom is 0.304 e. The standard InChI is InChI=1S/C7H8.C4H6O2S3/c1-7-5-3-2-4-6-7;5-3(6)1-2-9-4(7)8/h2-6H,1H3;1-2H2,(H,5,6)(H,7,8). The van der Waals surface area contributed by atoms with E-state index in [1.165, 1.54) is 17.3 Å². The number of hydrogen-bond donors (Lipinski definition) is 2. The highest BCUT2D eigenvalue weighted by Crippen LogP contribution is 2.08. The van der Waals surface area contributed by atoms with Crippen molar-refractivity contribution in [1.29, 1.82) is 0 Å². The zero-order chi connectivity index (χ0) is 12.4. The van der Waals surface area contributed by atoms with Crippen molar-refractivity contribution in [3.8, 4) is 0 Å². The van der Waals surface area contributed by atoms with Gasteiger partial charge in [0, 0.05) is 5.75 Å². The Morgan fingerprint density at radius 3 is 2.31 bits per heavy atom. The van der Waals surface area contributed by atoms with Crippen LogP contribution in [-0.2, 0) is 4.79 Å². The Hall–Kier alpha value is -0.520. The number of hydrogen-bond acceptors (Lipinski definition) is 3. The van der Waals surface area contributed by atoms with Crippen LogP contribution in [0.4, 0.5) is 0 Å². The molecule has 0 aliphatic heterocycles. The van der Waals surface area contributed by atoms with Crippen molar-refractivity contribution >= 4 is 46.1 Å². The topological polar surface area (TPSA) is 37.3 Å². The van der Waals surface area contributed by atoms with Crippen molar-refractivity contribution in [2.45, 2.75) is 13.3 Å². The summed E-state index contributed by atoms with van der Waals surface area (Å²) in [5.74, 6) is -0.287. The average Bonchev–Trinajstić information content (AvgIpc) is 2.18. The molecule has 0 aromatic heterocycles. The lowest BCUT2D eigenvalue weighted by Gasteiger charge is -1.91. The van der Waals surface area contributed by atoms with Gasteiger partial charge in [-0.1, -0.05) is 48.1 Å². The number of carbonyl (C=O) groups is 1. The van der Waals surface area contributed by atoms with Crippen molar-refractivity contribution in [3.05, 3.63) is 35.9 Å². The molecule has 0 aliphatic rings. The van der Waals surface area contributed by atoms with Crippen LogP contribution in [0.5, 0.6) is 0 Å². The smallest absolute Gasteiger partial charge is 0.304 e. The summed E-state index contributed by atoms with van der Waals surface area (Å²) < 4.78 is 0.497. The highest BCUT2D eigenvalue weighted by molar-refractivity contribution is 8.41. The second-order valence-corrected chi connectivity index (χ2v) is 5.74. The van der Waals surface area contributed by atoms with Crippen molar-refractivity contribution in [3.63, 3.8) is 0 Å². The predicted molar refractivity (Wildman–Crippen MR) is 77.5 cm³/mol. The Kier molecular flexibility index (Phi) is 9.37. The third kappa shape index (κ3) is 11.6. The van der Waals surface area contributed by atoms with Crippen molar-refractivity contribution in [2.75, 3.05) is 5.75 Å². The summed E-state index contributed by atoms with van der Waals surface area (Å²) in [6.45, 7) is 2.08. The maximum absolute atomic E-state index is 9.90. The molecular weight excluding hydrogens is 260 g/mol. The van der Waals surface area contributed by atoms with Crippen LogP contribution in [0.1, 0.15) is 12.0 Å². The summed E-state index contributed by atoms with van der Waals surface area (Å²) in [6, 6.07) is 10.3. The zero-order valence-corrected chi connectivity index (χ0v) is 11.4. The average molecular weight is 274 g/mol. The minimum Gasteiger partial charge on any atom is -0.481 e. The summed E-state index contributed by atoms with van der Waals surface area (Å²) in [7, 11) is 0. The molecular formula is C11H14O2S3. The first kappa shape index (κ1) is 15.5. The number of thiocarbonyl (C=S) groups is 1. The molecule has 0 heterocycles. The third-order valence-electron chi connectivity index (χ3n) is 1.48. The molecule has 1 aromatic carbocycles. The van der Waals surface area contributed by atoms with Gasteiger partial charge in [-0.25, -0.2) is 0 Å². The normalized spacial score (nSPS) is 8.88. The van der Waals surface area contributed by atoms with Crippen molar-refractivity contribution < 1.29 is 9.90 Å². The number of thioether (sulfide) groups is 1. The van der Waals surface area contributed by atoms with Gasteiger partial charge in [0.2, 0.25) is 0 Å². The second-order valence-electron chi connectivity index (χ2n) is 2.91. The van der Waals surface area contributed by atoms with E-state index in [0.29, 0.717) is 9.28 Å². The fourth-order valence-electron chi connectivity index (χ4n) is 0.760. The molecule has 0 atom stereocenters. The maximum atomic E-state index is 9.90. The fraction of sp³-hybridized carbons (Fsp3) is 0.273. The van der Waals surface area contributed by atoms with E-state index >= 15 is 0 Å². The van der Waals surface area contributed by atoms with Gasteiger partial charge in [0.15, 0.2) is 0 Å². The molecule has 0 bridgehead atoms. The van der Waals surface area contributed by atoms with E-state index in [1.54, 1.807) is 0 Å². The lowest BCUT2D eigenvalue weighted by atomic mass is 10.2. The van der Waals surface area contributed by atoms with E-state index in [2.05, 4.69) is 43.9 Å². The molecule has 0 amide bonds. The summed E-state index contributed by atoms with van der Waals surface area (Å²) in [6.07, 6.45) is 0.144. The summed E-state index contributed by atoms with van der Waals surface area (Å²) in [5, 5.41) is 8.14. The van der Waals surface area contributed by atoms with Crippen molar-refractivity contribution in [2.24, 2.45) is 0 Å². The van der Waals surface area contributed by atoms with Crippen LogP contribution in [0.25, 0.3) is 0 Å². The van der Waals surface area contributed by atoms with Gasteiger partial charge in [-0.2, -0.15) is 0 Å². The molecule has 0 spiro atoms. The van der Waals surface area contributed by atoms with Crippen LogP contribution >= 0.6 is 36.6 Å². The van der Waals surface area contributed by atoms with Crippen LogP contribution in [0.2, 0.25) is 0 Å². The van der Waals surface area contributed by atoms with E-state index in [1.807, 2.05) is 18.2 Å². The van der Waals surface area contributed by atoms with E-state index in [4.69, 9.17) is 5.11 Å². The number of carboxylic acids is 1. The first-order valence-corrected chi connectivity index (χ1v) is 6.45. The molecule has 0 radical (unpaired) electrons. The van der Waals surface area contributed by atoms with Crippen LogP contribution in [0.3, 0.4) is 0 Å². The molecule has 0 saturated carbocycles. The van der Waals surface area contributed by atoms with E-state index < -0.39 is 5.97 Å². The van der Waals surface area contributed by atoms with Gasteiger partial charge >= 0.3 is 5.97 Å². The van der Waals surface area contributed by atoms with Gasteiger partial charge in [0.1, 0.15) is 3.53 Å². The molecule has 1 rings (SSSR count). The largest absolute Gasteiger partial charge is 0.481 e. The Balaban J connectivity index is 0.000000288. The number of thiol groups is 1. The van der Waals surface area contributed by atoms with Gasteiger partial charge in [-0.15, -0.1) is 24.4 Å². The lowest BCUT2D eigenvalue weighted by molar-refractivity contribution is -0.136. The number of rotatable bonds is 3. The summed E-state index contributed by atoms with van der Waals surface area (Å²) >= 11 is 9.66. The monoisotopic (exact) mass is 274 g/mol. The van der Waals surface area contributed by atoms with Gasteiger partial charge in [0.25, 0.3) is 0 Å². The molecule has 0 fully saturated rings. The third-order valence-corrected chi connectivity index (χ3v) is 2.88. The molecule has 1 aromatic rings. The van der Waals surface area contributed by atoms with E-state index in [9.17, 15) is 4.79 Å². The second kappa shape index (κ2) is 9.69. The first-order valence-electron chi connectivity index (χ1n) is 4.61. The minimum atomic E-state index is -0.799. The fourth-order valence-corrected chi connectivity index (χ4v) is 1.74. The molecule has 0 aliphatic carbocycles. The summed E-state index contributed by atoms with van der Waals surface area (Å²) in [5.41, 5.74) is 1.32. The first-order chi connectivity index (χ1) is 7.52. The molecule has 0 unspecified atom stereocenters. The van der Waals surface area contributed by atoms with Crippen LogP contribution in [0.15, 0.2) is 30.3 Å². The molecule has 88 valence electrons. The number of aryl methyl sites for hydroxylation is 1. The predicted octanol–water partition coefficient (Wildman–Crippen LogP) is 3.40. The van der Waals surface area contributed by atoms with Gasteiger partial charge in [-0.3, -0.25) is 4.79 Å². The highest BCUT2D eigenvalue weighted by atomic mass is 32.2. The van der Waals surface area contributed by atoms with Crippen molar-refractivity contribution in [1.82, 2.24) is 0 Å². The zero-order valence-electron chi connectivity index (χ0n) is 8.92. The Morgan fingerprint density at radius 1 is 1.44 bits per heavy atom. The van der Waals surface area contributed by atoms with Crippen LogP contribution < -0.4 is 0 Å². The Labute approximate surface area is 111 Å². The van der Waals surface area contributed by atoms with Gasteiger partial charge in [-0.05, 0) is 6.92 Å². The molecule has 0 saturated heterocycles. The van der Waals surface area contributed by atoms with E-state index in [-0.39, 0.29) is 6.42 Å². The molecule has 16 heavy (non-hydrogen) atoms. The minimum absolute atomic E-state index is 0.144.